The van der Waals surface area contributed by atoms with E-state index in [0.717, 1.165) is 13.1 Å². The van der Waals surface area contributed by atoms with Gasteiger partial charge in [0.15, 0.2) is 0 Å². The molecular formula is C14H29N3O. The number of hydrogen-bond donors (Lipinski definition) is 2. The first kappa shape index (κ1) is 15.4. The standard InChI is InChI=1S/C14H29N3O/c1-11(2)9-15-14(18)13(4)16-12(3)10-17-7-5-6-8-17/h11-13,16H,5-10H2,1-4H3,(H,15,18). The van der Waals surface area contributed by atoms with Crippen LogP contribution in [-0.4, -0.2) is 49.1 Å². The van der Waals surface area contributed by atoms with E-state index in [1.165, 1.54) is 25.9 Å². The van der Waals surface area contributed by atoms with E-state index in [4.69, 9.17) is 0 Å². The first-order valence-electron chi connectivity index (χ1n) is 7.25. The van der Waals surface area contributed by atoms with Crippen LogP contribution in [0.4, 0.5) is 0 Å². The number of nitrogens with zero attached hydrogens (tertiary/aromatic N) is 1. The van der Waals surface area contributed by atoms with E-state index in [1.54, 1.807) is 0 Å². The molecule has 2 unspecified atom stereocenters. The Balaban J connectivity index is 2.20. The van der Waals surface area contributed by atoms with E-state index in [2.05, 4.69) is 36.3 Å². The topological polar surface area (TPSA) is 44.4 Å². The maximum atomic E-state index is 11.8. The first-order valence-corrected chi connectivity index (χ1v) is 7.25. The minimum atomic E-state index is -0.110. The molecule has 1 aliphatic heterocycles. The van der Waals surface area contributed by atoms with Crippen molar-refractivity contribution in [1.82, 2.24) is 15.5 Å². The molecule has 106 valence electrons. The van der Waals surface area contributed by atoms with Gasteiger partial charge in [0.05, 0.1) is 6.04 Å². The van der Waals surface area contributed by atoms with Crippen LogP contribution in [0.5, 0.6) is 0 Å². The number of likely N-dealkylation sites (tertiary alicyclic amines) is 1. The van der Waals surface area contributed by atoms with Gasteiger partial charge in [-0.15, -0.1) is 0 Å². The summed E-state index contributed by atoms with van der Waals surface area (Å²) in [5.41, 5.74) is 0. The molecule has 0 radical (unpaired) electrons. The zero-order valence-corrected chi connectivity index (χ0v) is 12.3. The Hall–Kier alpha value is -0.610. The van der Waals surface area contributed by atoms with Gasteiger partial charge in [-0.25, -0.2) is 0 Å². The minimum absolute atomic E-state index is 0.108. The lowest BCUT2D eigenvalue weighted by Crippen LogP contribution is -2.49. The third-order valence-corrected chi connectivity index (χ3v) is 3.34. The van der Waals surface area contributed by atoms with Crippen molar-refractivity contribution in [1.29, 1.82) is 0 Å². The highest BCUT2D eigenvalue weighted by Gasteiger charge is 2.18. The van der Waals surface area contributed by atoms with Gasteiger partial charge in [0.25, 0.3) is 0 Å². The van der Waals surface area contributed by atoms with Crippen LogP contribution in [0.3, 0.4) is 0 Å². The Morgan fingerprint density at radius 1 is 1.17 bits per heavy atom. The fourth-order valence-electron chi connectivity index (χ4n) is 2.37. The van der Waals surface area contributed by atoms with Crippen molar-refractivity contribution in [3.63, 3.8) is 0 Å². The molecule has 0 saturated carbocycles. The van der Waals surface area contributed by atoms with E-state index in [9.17, 15) is 4.79 Å². The van der Waals surface area contributed by atoms with Gasteiger partial charge >= 0.3 is 0 Å². The monoisotopic (exact) mass is 255 g/mol. The number of amides is 1. The molecule has 1 amide bonds. The zero-order chi connectivity index (χ0) is 13.5. The third kappa shape index (κ3) is 5.83. The van der Waals surface area contributed by atoms with Gasteiger partial charge in [-0.2, -0.15) is 0 Å². The van der Waals surface area contributed by atoms with E-state index < -0.39 is 0 Å². The summed E-state index contributed by atoms with van der Waals surface area (Å²) >= 11 is 0. The predicted octanol–water partition coefficient (Wildman–Crippen LogP) is 1.22. The highest BCUT2D eigenvalue weighted by molar-refractivity contribution is 5.81. The molecule has 0 aromatic heterocycles. The molecule has 4 heteroatoms. The summed E-state index contributed by atoms with van der Waals surface area (Å²) in [4.78, 5) is 14.3. The molecule has 1 heterocycles. The molecule has 1 fully saturated rings. The van der Waals surface area contributed by atoms with Gasteiger partial charge in [0, 0.05) is 19.1 Å². The van der Waals surface area contributed by atoms with Crippen molar-refractivity contribution in [2.45, 2.75) is 52.6 Å². The van der Waals surface area contributed by atoms with Crippen molar-refractivity contribution < 1.29 is 4.79 Å². The number of carbonyl (C=O) groups is 1. The van der Waals surface area contributed by atoms with Crippen molar-refractivity contribution in [3.8, 4) is 0 Å². The zero-order valence-electron chi connectivity index (χ0n) is 12.3. The molecule has 2 atom stereocenters. The van der Waals surface area contributed by atoms with Gasteiger partial charge < -0.3 is 15.5 Å². The molecule has 18 heavy (non-hydrogen) atoms. The average molecular weight is 255 g/mol. The normalized spacial score (nSPS) is 20.1. The molecule has 2 N–H and O–H groups in total. The lowest BCUT2D eigenvalue weighted by Gasteiger charge is -2.24. The summed E-state index contributed by atoms with van der Waals surface area (Å²) in [5, 5.41) is 6.34. The van der Waals surface area contributed by atoms with Crippen molar-refractivity contribution in [2.75, 3.05) is 26.2 Å². The Bertz CT molecular complexity index is 249. The van der Waals surface area contributed by atoms with E-state index in [-0.39, 0.29) is 11.9 Å². The maximum absolute atomic E-state index is 11.8. The Morgan fingerprint density at radius 2 is 1.78 bits per heavy atom. The van der Waals surface area contributed by atoms with Crippen molar-refractivity contribution in [3.05, 3.63) is 0 Å². The summed E-state index contributed by atoms with van der Waals surface area (Å²) in [6.45, 7) is 12.5. The molecule has 1 aliphatic rings. The molecule has 0 bridgehead atoms. The fraction of sp³-hybridized carbons (Fsp3) is 0.929. The summed E-state index contributed by atoms with van der Waals surface area (Å²) in [6, 6.07) is 0.254. The molecule has 0 aromatic rings. The second-order valence-electron chi connectivity index (χ2n) is 5.94. The number of nitrogens with one attached hydrogen (secondary N) is 2. The van der Waals surface area contributed by atoms with Crippen LogP contribution in [0.2, 0.25) is 0 Å². The number of hydrogen-bond acceptors (Lipinski definition) is 3. The molecule has 4 nitrogen and oxygen atoms in total. The van der Waals surface area contributed by atoms with Gasteiger partial charge in [-0.05, 0) is 45.7 Å². The van der Waals surface area contributed by atoms with Crippen molar-refractivity contribution >= 4 is 5.91 Å². The van der Waals surface area contributed by atoms with Crippen molar-refractivity contribution in [2.24, 2.45) is 5.92 Å². The molecule has 0 aromatic carbocycles. The summed E-state index contributed by atoms with van der Waals surface area (Å²) in [7, 11) is 0. The Morgan fingerprint density at radius 3 is 2.33 bits per heavy atom. The average Bonchev–Trinajstić information content (AvgIpc) is 2.78. The fourth-order valence-corrected chi connectivity index (χ4v) is 2.37. The van der Waals surface area contributed by atoms with E-state index >= 15 is 0 Å². The SMILES string of the molecule is CC(C)CNC(=O)C(C)NC(C)CN1CCCC1. The molecular weight excluding hydrogens is 226 g/mol. The predicted molar refractivity (Wildman–Crippen MR) is 75.6 cm³/mol. The Labute approximate surface area is 111 Å². The van der Waals surface area contributed by atoms with Gasteiger partial charge in [0.2, 0.25) is 5.91 Å². The summed E-state index contributed by atoms with van der Waals surface area (Å²) in [6.07, 6.45) is 2.63. The molecule has 1 saturated heterocycles. The largest absolute Gasteiger partial charge is 0.354 e. The summed E-state index contributed by atoms with van der Waals surface area (Å²) in [5.74, 6) is 0.611. The van der Waals surface area contributed by atoms with Gasteiger partial charge in [-0.3, -0.25) is 4.79 Å². The number of rotatable bonds is 7. The smallest absolute Gasteiger partial charge is 0.236 e. The second kappa shape index (κ2) is 7.74. The maximum Gasteiger partial charge on any atom is 0.236 e. The van der Waals surface area contributed by atoms with Gasteiger partial charge in [0.1, 0.15) is 0 Å². The lowest BCUT2D eigenvalue weighted by atomic mass is 10.2. The highest BCUT2D eigenvalue weighted by Crippen LogP contribution is 2.07. The molecule has 1 rings (SSSR count). The van der Waals surface area contributed by atoms with Crippen LogP contribution >= 0.6 is 0 Å². The van der Waals surface area contributed by atoms with Crippen LogP contribution in [0, 0.1) is 5.92 Å². The third-order valence-electron chi connectivity index (χ3n) is 3.34. The lowest BCUT2D eigenvalue weighted by molar-refractivity contribution is -0.123. The van der Waals surface area contributed by atoms with Crippen LogP contribution in [0.15, 0.2) is 0 Å². The van der Waals surface area contributed by atoms with Crippen LogP contribution in [0.25, 0.3) is 0 Å². The molecule has 0 aliphatic carbocycles. The number of carbonyl (C=O) groups excluding carboxylic acids is 1. The van der Waals surface area contributed by atoms with Crippen LogP contribution in [0.1, 0.15) is 40.5 Å². The van der Waals surface area contributed by atoms with E-state index in [0.29, 0.717) is 12.0 Å². The first-order chi connectivity index (χ1) is 8.49. The highest BCUT2D eigenvalue weighted by atomic mass is 16.2. The van der Waals surface area contributed by atoms with Crippen LogP contribution < -0.4 is 10.6 Å². The second-order valence-corrected chi connectivity index (χ2v) is 5.94. The quantitative estimate of drug-likeness (QED) is 0.719. The Kier molecular flexibility index (Phi) is 6.65. The van der Waals surface area contributed by atoms with Gasteiger partial charge in [-0.1, -0.05) is 13.8 Å². The summed E-state index contributed by atoms with van der Waals surface area (Å²) < 4.78 is 0. The van der Waals surface area contributed by atoms with E-state index in [1.807, 2.05) is 6.92 Å². The molecule has 0 spiro atoms. The van der Waals surface area contributed by atoms with Crippen LogP contribution in [-0.2, 0) is 4.79 Å². The minimum Gasteiger partial charge on any atom is -0.354 e.